The van der Waals surface area contributed by atoms with E-state index in [1.165, 1.54) is 340 Å². The van der Waals surface area contributed by atoms with Gasteiger partial charge in [0.05, 0.1) is 18.8 Å². The van der Waals surface area contributed by atoms with Gasteiger partial charge in [-0.25, -0.2) is 0 Å². The molecule has 5 heteroatoms. The standard InChI is InChI=1S/C69H137NO4/c1-3-5-7-9-11-13-15-17-19-21-23-25-27-29-30-31-32-33-34-35-36-37-38-39-40-42-44-46-48-50-52-54-56-58-60-62-64-68(73)69(74)70-66(65-71)67(72)63-61-59-57-55-53-51-49-47-45-43-41-28-26-24-22-20-18-16-14-12-10-8-6-4-2/h33-34,66-68,71-73H,3-32,35-65H2,1-2H3,(H,70,74)/b34-33-. The molecule has 0 saturated carbocycles. The van der Waals surface area contributed by atoms with E-state index in [2.05, 4.69) is 31.3 Å². The van der Waals surface area contributed by atoms with E-state index in [0.717, 1.165) is 32.1 Å². The Hall–Kier alpha value is -0.910. The van der Waals surface area contributed by atoms with Gasteiger partial charge < -0.3 is 20.6 Å². The maximum Gasteiger partial charge on any atom is 0.249 e. The molecule has 0 rings (SSSR count). The maximum atomic E-state index is 12.6. The van der Waals surface area contributed by atoms with Gasteiger partial charge >= 0.3 is 0 Å². The van der Waals surface area contributed by atoms with E-state index >= 15 is 0 Å². The molecule has 0 aromatic rings. The third-order valence-electron chi connectivity index (χ3n) is 16.6. The zero-order chi connectivity index (χ0) is 53.6. The number of aliphatic hydroxyl groups is 3. The molecule has 0 aliphatic carbocycles. The number of aliphatic hydroxyl groups excluding tert-OH is 3. The number of hydrogen-bond acceptors (Lipinski definition) is 4. The number of unbranched alkanes of at least 4 members (excludes halogenated alkanes) is 55. The molecule has 1 amide bonds. The fraction of sp³-hybridized carbons (Fsp3) is 0.957. The van der Waals surface area contributed by atoms with Crippen molar-refractivity contribution in [2.45, 2.75) is 417 Å². The summed E-state index contributed by atoms with van der Waals surface area (Å²) < 4.78 is 0. The minimum atomic E-state index is -1.07. The number of carbonyl (C=O) groups excluding carboxylic acids is 1. The van der Waals surface area contributed by atoms with Crippen LogP contribution in [-0.2, 0) is 4.79 Å². The van der Waals surface area contributed by atoms with Crippen molar-refractivity contribution in [3.8, 4) is 0 Å². The van der Waals surface area contributed by atoms with Crippen LogP contribution in [0.15, 0.2) is 12.2 Å². The molecule has 74 heavy (non-hydrogen) atoms. The predicted molar refractivity (Wildman–Crippen MR) is 329 cm³/mol. The molecule has 0 spiro atoms. The normalized spacial score (nSPS) is 13.1. The second-order valence-electron chi connectivity index (χ2n) is 24.1. The van der Waals surface area contributed by atoms with Crippen LogP contribution in [0.4, 0.5) is 0 Å². The summed E-state index contributed by atoms with van der Waals surface area (Å²) in [5.41, 5.74) is 0. The quantitative estimate of drug-likeness (QED) is 0.0361. The van der Waals surface area contributed by atoms with E-state index < -0.39 is 24.2 Å². The summed E-state index contributed by atoms with van der Waals surface area (Å²) in [6, 6.07) is -0.711. The average Bonchev–Trinajstić information content (AvgIpc) is 3.41. The lowest BCUT2D eigenvalue weighted by atomic mass is 10.0. The van der Waals surface area contributed by atoms with E-state index in [-0.39, 0.29) is 6.61 Å². The Morgan fingerprint density at radius 1 is 0.311 bits per heavy atom. The van der Waals surface area contributed by atoms with Gasteiger partial charge in [-0.05, 0) is 38.5 Å². The number of amides is 1. The van der Waals surface area contributed by atoms with Crippen molar-refractivity contribution in [2.24, 2.45) is 0 Å². The fourth-order valence-corrected chi connectivity index (χ4v) is 11.3. The smallest absolute Gasteiger partial charge is 0.249 e. The molecular weight excluding hydrogens is 907 g/mol. The van der Waals surface area contributed by atoms with Crippen molar-refractivity contribution in [1.82, 2.24) is 5.32 Å². The van der Waals surface area contributed by atoms with Gasteiger partial charge in [0.15, 0.2) is 0 Å². The molecule has 0 saturated heterocycles. The molecule has 4 N–H and O–H groups in total. The van der Waals surface area contributed by atoms with Crippen LogP contribution < -0.4 is 5.32 Å². The second-order valence-corrected chi connectivity index (χ2v) is 24.1. The fourth-order valence-electron chi connectivity index (χ4n) is 11.3. The van der Waals surface area contributed by atoms with Crippen LogP contribution in [0.3, 0.4) is 0 Å². The lowest BCUT2D eigenvalue weighted by Gasteiger charge is -2.23. The molecule has 0 aromatic heterocycles. The van der Waals surface area contributed by atoms with Crippen molar-refractivity contribution < 1.29 is 20.1 Å². The first-order valence-electron chi connectivity index (χ1n) is 34.5. The number of hydrogen-bond donors (Lipinski definition) is 4. The SMILES string of the molecule is CCCCCCCCCCCCCCCCCC/C=C\CCCCCCCCCCCCCCCCCCC(O)C(=O)NC(CO)C(O)CCCCCCCCCCCCCCCCCCCCCCCCCC. The van der Waals surface area contributed by atoms with Crippen molar-refractivity contribution >= 4 is 5.91 Å². The summed E-state index contributed by atoms with van der Waals surface area (Å²) in [6.45, 7) is 4.29. The van der Waals surface area contributed by atoms with Gasteiger partial charge in [-0.2, -0.15) is 0 Å². The van der Waals surface area contributed by atoms with Crippen molar-refractivity contribution in [3.05, 3.63) is 12.2 Å². The van der Waals surface area contributed by atoms with E-state index in [1.807, 2.05) is 0 Å². The molecule has 0 heterocycles. The Balaban J connectivity index is 3.44. The van der Waals surface area contributed by atoms with Crippen LogP contribution in [0.5, 0.6) is 0 Å². The minimum Gasteiger partial charge on any atom is -0.394 e. The van der Waals surface area contributed by atoms with Crippen LogP contribution in [-0.4, -0.2) is 46.1 Å². The van der Waals surface area contributed by atoms with Gasteiger partial charge in [-0.3, -0.25) is 4.79 Å². The summed E-state index contributed by atoms with van der Waals surface area (Å²) in [7, 11) is 0. The summed E-state index contributed by atoms with van der Waals surface area (Å²) in [6.07, 6.45) is 83.2. The monoisotopic (exact) mass is 1040 g/mol. The van der Waals surface area contributed by atoms with Crippen LogP contribution >= 0.6 is 0 Å². The number of allylic oxidation sites excluding steroid dienone is 2. The Labute approximate surface area is 465 Å². The van der Waals surface area contributed by atoms with Gasteiger partial charge in [0.1, 0.15) is 6.10 Å². The molecule has 3 atom stereocenters. The molecule has 0 radical (unpaired) electrons. The summed E-state index contributed by atoms with van der Waals surface area (Å²) in [4.78, 5) is 12.6. The Morgan fingerprint density at radius 3 is 0.743 bits per heavy atom. The molecule has 0 aliphatic heterocycles. The molecule has 3 unspecified atom stereocenters. The summed E-state index contributed by atoms with van der Waals surface area (Å²) in [5.74, 6) is -0.461. The van der Waals surface area contributed by atoms with Gasteiger partial charge in [0.25, 0.3) is 0 Å². The molecule has 442 valence electrons. The zero-order valence-corrected chi connectivity index (χ0v) is 50.8. The van der Waals surface area contributed by atoms with Crippen LogP contribution in [0.2, 0.25) is 0 Å². The zero-order valence-electron chi connectivity index (χ0n) is 50.8. The third kappa shape index (κ3) is 58.8. The lowest BCUT2D eigenvalue weighted by Crippen LogP contribution is -2.49. The van der Waals surface area contributed by atoms with E-state index in [0.29, 0.717) is 12.8 Å². The number of rotatable bonds is 65. The molecule has 0 aromatic carbocycles. The van der Waals surface area contributed by atoms with Gasteiger partial charge in [-0.15, -0.1) is 0 Å². The van der Waals surface area contributed by atoms with Crippen molar-refractivity contribution in [1.29, 1.82) is 0 Å². The van der Waals surface area contributed by atoms with Crippen LogP contribution in [0.1, 0.15) is 399 Å². The van der Waals surface area contributed by atoms with Crippen LogP contribution in [0.25, 0.3) is 0 Å². The van der Waals surface area contributed by atoms with Crippen molar-refractivity contribution in [2.75, 3.05) is 6.61 Å². The Kier molecular flexibility index (Phi) is 63.8. The third-order valence-corrected chi connectivity index (χ3v) is 16.6. The first-order valence-corrected chi connectivity index (χ1v) is 34.5. The Morgan fingerprint density at radius 2 is 0.514 bits per heavy atom. The largest absolute Gasteiger partial charge is 0.394 e. The highest BCUT2D eigenvalue weighted by atomic mass is 16.3. The minimum absolute atomic E-state index is 0.308. The van der Waals surface area contributed by atoms with Gasteiger partial charge in [0.2, 0.25) is 5.91 Å². The highest BCUT2D eigenvalue weighted by Gasteiger charge is 2.23. The van der Waals surface area contributed by atoms with Gasteiger partial charge in [0, 0.05) is 0 Å². The predicted octanol–water partition coefficient (Wildman–Crippen LogP) is 22.2. The molecule has 0 bridgehead atoms. The Bertz CT molecular complexity index is 1060. The molecule has 5 nitrogen and oxygen atoms in total. The highest BCUT2D eigenvalue weighted by Crippen LogP contribution is 2.20. The second kappa shape index (κ2) is 64.6. The molecule has 0 fully saturated rings. The first kappa shape index (κ1) is 73.1. The van der Waals surface area contributed by atoms with E-state index in [4.69, 9.17) is 0 Å². The maximum absolute atomic E-state index is 12.6. The topological polar surface area (TPSA) is 89.8 Å². The molecular formula is C69H137NO4. The van der Waals surface area contributed by atoms with Gasteiger partial charge in [-0.1, -0.05) is 373 Å². The lowest BCUT2D eigenvalue weighted by molar-refractivity contribution is -0.131. The number of nitrogens with one attached hydrogen (secondary N) is 1. The summed E-state index contributed by atoms with van der Waals surface area (Å²) >= 11 is 0. The van der Waals surface area contributed by atoms with Crippen LogP contribution in [0, 0.1) is 0 Å². The van der Waals surface area contributed by atoms with E-state index in [1.54, 1.807) is 0 Å². The van der Waals surface area contributed by atoms with E-state index in [9.17, 15) is 20.1 Å². The highest BCUT2D eigenvalue weighted by molar-refractivity contribution is 5.80. The van der Waals surface area contributed by atoms with Crippen molar-refractivity contribution in [3.63, 3.8) is 0 Å². The summed E-state index contributed by atoms with van der Waals surface area (Å²) in [5, 5.41) is 33.7. The first-order chi connectivity index (χ1) is 36.6. The number of carbonyl (C=O) groups is 1. The average molecular weight is 1040 g/mol. The molecule has 0 aliphatic rings.